The Morgan fingerprint density at radius 2 is 1.59 bits per heavy atom. The number of amides is 4. The number of carboxylic acids is 1. The van der Waals surface area contributed by atoms with Gasteiger partial charge in [0.15, 0.2) is 5.96 Å². The SMILES string of the molecule is N=C(N)NCCCC(NC(=O)[C@@H]1CCC2CCC(NC(=O)Cc3ccccc3)C(=O)N21)C(=O)N[C@@H](CC(=O)O)Cc1ccccc1. The molecule has 5 atom stereocenters. The summed E-state index contributed by atoms with van der Waals surface area (Å²) in [4.78, 5) is 66.7. The molecule has 0 bridgehead atoms. The quantitative estimate of drug-likeness (QED) is 0.0847. The topological polar surface area (TPSA) is 207 Å². The Morgan fingerprint density at radius 1 is 0.935 bits per heavy atom. The Bertz CT molecular complexity index is 1390. The fraction of sp³-hybridized carbons (Fsp3) is 0.455. The molecule has 0 aromatic heterocycles. The monoisotopic (exact) mass is 633 g/mol. The first-order valence-corrected chi connectivity index (χ1v) is 15.7. The average molecular weight is 634 g/mol. The Kier molecular flexibility index (Phi) is 12.1. The van der Waals surface area contributed by atoms with Crippen molar-refractivity contribution < 1.29 is 29.1 Å². The van der Waals surface area contributed by atoms with E-state index in [0.29, 0.717) is 32.1 Å². The second kappa shape index (κ2) is 16.4. The van der Waals surface area contributed by atoms with E-state index < -0.39 is 42.0 Å². The molecule has 13 nitrogen and oxygen atoms in total. The number of carboxylic acid groups (broad SMARTS) is 1. The van der Waals surface area contributed by atoms with Crippen LogP contribution in [0, 0.1) is 5.41 Å². The summed E-state index contributed by atoms with van der Waals surface area (Å²) in [5.74, 6) is -2.90. The van der Waals surface area contributed by atoms with Gasteiger partial charge >= 0.3 is 5.97 Å². The van der Waals surface area contributed by atoms with Crippen molar-refractivity contribution in [3.63, 3.8) is 0 Å². The smallest absolute Gasteiger partial charge is 0.305 e. The summed E-state index contributed by atoms with van der Waals surface area (Å²) in [7, 11) is 0. The zero-order valence-corrected chi connectivity index (χ0v) is 25.7. The van der Waals surface area contributed by atoms with Crippen molar-refractivity contribution >= 4 is 35.6 Å². The van der Waals surface area contributed by atoms with E-state index in [1.165, 1.54) is 0 Å². The number of rotatable bonds is 15. The van der Waals surface area contributed by atoms with Gasteiger partial charge in [-0.1, -0.05) is 60.7 Å². The van der Waals surface area contributed by atoms with E-state index in [4.69, 9.17) is 11.1 Å². The molecule has 46 heavy (non-hydrogen) atoms. The van der Waals surface area contributed by atoms with Crippen molar-refractivity contribution in [3.05, 3.63) is 71.8 Å². The van der Waals surface area contributed by atoms with Gasteiger partial charge in [0, 0.05) is 18.6 Å². The third kappa shape index (κ3) is 9.78. The number of fused-ring (bicyclic) bond motifs is 1. The maximum atomic E-state index is 13.7. The number of hydrogen-bond acceptors (Lipinski definition) is 6. The standard InChI is InChI=1S/C33H43N7O6/c34-33(35)36-17-7-12-25(30(44)37-23(20-29(42)43)18-21-8-3-1-4-9-21)39-31(45)27-16-14-24-13-15-26(32(46)40(24)27)38-28(41)19-22-10-5-2-6-11-22/h1-6,8-11,23-27H,7,12-20H2,(H,37,44)(H,38,41)(H,39,45)(H,42,43)(H4,34,35,36)/t23-,24?,25?,26?,27+/m1/s1. The molecule has 0 aliphatic carbocycles. The molecular weight excluding hydrogens is 590 g/mol. The lowest BCUT2D eigenvalue weighted by Crippen LogP contribution is -2.60. The number of aliphatic carboxylic acids is 1. The van der Waals surface area contributed by atoms with Crippen LogP contribution in [0.25, 0.3) is 0 Å². The molecule has 2 aromatic rings. The fourth-order valence-electron chi connectivity index (χ4n) is 6.23. The molecule has 2 aromatic carbocycles. The number of nitrogens with zero attached hydrogens (tertiary/aromatic N) is 1. The van der Waals surface area contributed by atoms with Crippen LogP contribution in [0.4, 0.5) is 0 Å². The van der Waals surface area contributed by atoms with E-state index in [2.05, 4.69) is 21.3 Å². The van der Waals surface area contributed by atoms with Gasteiger partial charge in [-0.2, -0.15) is 0 Å². The summed E-state index contributed by atoms with van der Waals surface area (Å²) in [5, 5.41) is 28.0. The highest BCUT2D eigenvalue weighted by molar-refractivity contribution is 5.95. The lowest BCUT2D eigenvalue weighted by atomic mass is 9.97. The minimum atomic E-state index is -1.07. The van der Waals surface area contributed by atoms with Crippen LogP contribution in [0.5, 0.6) is 0 Å². The van der Waals surface area contributed by atoms with Gasteiger partial charge in [0.25, 0.3) is 0 Å². The zero-order valence-electron chi connectivity index (χ0n) is 25.7. The van der Waals surface area contributed by atoms with Crippen molar-refractivity contribution in [2.45, 2.75) is 88.0 Å². The second-order valence-electron chi connectivity index (χ2n) is 11.9. The number of carbonyl (C=O) groups excluding carboxylic acids is 4. The summed E-state index contributed by atoms with van der Waals surface area (Å²) in [6, 6.07) is 15.0. The highest BCUT2D eigenvalue weighted by Crippen LogP contribution is 2.33. The molecule has 13 heteroatoms. The van der Waals surface area contributed by atoms with Crippen LogP contribution < -0.4 is 27.0 Å². The summed E-state index contributed by atoms with van der Waals surface area (Å²) >= 11 is 0. The number of guanidine groups is 1. The van der Waals surface area contributed by atoms with Crippen LogP contribution in [0.3, 0.4) is 0 Å². The maximum Gasteiger partial charge on any atom is 0.305 e. The van der Waals surface area contributed by atoms with Crippen molar-refractivity contribution in [1.82, 2.24) is 26.2 Å². The lowest BCUT2D eigenvalue weighted by Gasteiger charge is -2.38. The van der Waals surface area contributed by atoms with Crippen LogP contribution in [0.1, 0.15) is 56.1 Å². The third-order valence-electron chi connectivity index (χ3n) is 8.40. The molecule has 8 N–H and O–H groups in total. The predicted octanol–water partition coefficient (Wildman–Crippen LogP) is 0.818. The van der Waals surface area contributed by atoms with Crippen LogP contribution in [0.2, 0.25) is 0 Å². The molecule has 2 aliphatic heterocycles. The minimum Gasteiger partial charge on any atom is -0.481 e. The van der Waals surface area contributed by atoms with Gasteiger partial charge in [-0.05, 0) is 56.1 Å². The highest BCUT2D eigenvalue weighted by Gasteiger charge is 2.46. The Labute approximate surface area is 268 Å². The van der Waals surface area contributed by atoms with Gasteiger partial charge in [0.2, 0.25) is 23.6 Å². The van der Waals surface area contributed by atoms with Crippen molar-refractivity contribution in [2.24, 2.45) is 5.73 Å². The molecule has 2 saturated heterocycles. The zero-order chi connectivity index (χ0) is 33.1. The van der Waals surface area contributed by atoms with Gasteiger partial charge in [0.05, 0.1) is 12.8 Å². The van der Waals surface area contributed by atoms with Crippen LogP contribution in [-0.2, 0) is 36.8 Å². The Balaban J connectivity index is 1.42. The molecule has 2 fully saturated rings. The molecule has 0 radical (unpaired) electrons. The predicted molar refractivity (Wildman–Crippen MR) is 170 cm³/mol. The van der Waals surface area contributed by atoms with E-state index in [-0.39, 0.29) is 56.0 Å². The Hall–Kier alpha value is -4.94. The van der Waals surface area contributed by atoms with Crippen molar-refractivity contribution in [1.29, 1.82) is 5.41 Å². The van der Waals surface area contributed by atoms with Gasteiger partial charge < -0.3 is 37.0 Å². The van der Waals surface area contributed by atoms with Gasteiger partial charge in [-0.3, -0.25) is 29.4 Å². The summed E-state index contributed by atoms with van der Waals surface area (Å²) in [5.41, 5.74) is 7.06. The molecule has 0 saturated carbocycles. The van der Waals surface area contributed by atoms with E-state index in [1.54, 1.807) is 4.90 Å². The van der Waals surface area contributed by atoms with Gasteiger partial charge in [-0.25, -0.2) is 0 Å². The van der Waals surface area contributed by atoms with E-state index in [9.17, 15) is 29.1 Å². The molecule has 3 unspecified atom stereocenters. The third-order valence-corrected chi connectivity index (χ3v) is 8.40. The number of piperidine rings is 1. The molecule has 4 amide bonds. The van der Waals surface area contributed by atoms with E-state index >= 15 is 0 Å². The number of carbonyl (C=O) groups is 5. The highest BCUT2D eigenvalue weighted by atomic mass is 16.4. The number of nitrogens with two attached hydrogens (primary N) is 1. The van der Waals surface area contributed by atoms with Crippen molar-refractivity contribution in [3.8, 4) is 0 Å². The van der Waals surface area contributed by atoms with Gasteiger partial charge in [0.1, 0.15) is 18.1 Å². The van der Waals surface area contributed by atoms with E-state index in [0.717, 1.165) is 11.1 Å². The molecule has 2 aliphatic rings. The summed E-state index contributed by atoms with van der Waals surface area (Å²) in [6.45, 7) is 0.290. The van der Waals surface area contributed by atoms with Gasteiger partial charge in [-0.15, -0.1) is 0 Å². The summed E-state index contributed by atoms with van der Waals surface area (Å²) < 4.78 is 0. The fourth-order valence-corrected chi connectivity index (χ4v) is 6.23. The lowest BCUT2D eigenvalue weighted by molar-refractivity contribution is -0.146. The maximum absolute atomic E-state index is 13.7. The normalized spacial score (nSPS) is 20.1. The van der Waals surface area contributed by atoms with Crippen LogP contribution in [0.15, 0.2) is 60.7 Å². The molecule has 4 rings (SSSR count). The van der Waals surface area contributed by atoms with Crippen LogP contribution in [-0.4, -0.2) is 82.3 Å². The number of benzene rings is 2. The second-order valence-corrected chi connectivity index (χ2v) is 11.9. The molecule has 246 valence electrons. The van der Waals surface area contributed by atoms with Crippen molar-refractivity contribution in [2.75, 3.05) is 6.54 Å². The Morgan fingerprint density at radius 3 is 2.24 bits per heavy atom. The molecule has 0 spiro atoms. The molecular formula is C33H43N7O6. The molecule has 2 heterocycles. The first-order valence-electron chi connectivity index (χ1n) is 15.7. The van der Waals surface area contributed by atoms with Crippen LogP contribution >= 0.6 is 0 Å². The largest absolute Gasteiger partial charge is 0.481 e. The summed E-state index contributed by atoms with van der Waals surface area (Å²) in [6.07, 6.45) is 2.86. The number of hydrogen-bond donors (Lipinski definition) is 7. The average Bonchev–Trinajstić information content (AvgIpc) is 3.46. The first-order chi connectivity index (χ1) is 22.1. The minimum absolute atomic E-state index is 0.136. The first kappa shape index (κ1) is 33.9. The number of nitrogens with one attached hydrogen (secondary N) is 5. The van der Waals surface area contributed by atoms with E-state index in [1.807, 2.05) is 60.7 Å².